The molecule has 2 heterocycles. The quantitative estimate of drug-likeness (QED) is 0.711. The van der Waals surface area contributed by atoms with Gasteiger partial charge in [0.15, 0.2) is 0 Å². The van der Waals surface area contributed by atoms with E-state index in [-0.39, 0.29) is 29.7 Å². The van der Waals surface area contributed by atoms with Gasteiger partial charge in [-0.1, -0.05) is 11.3 Å². The van der Waals surface area contributed by atoms with Crippen LogP contribution in [-0.2, 0) is 19.6 Å². The van der Waals surface area contributed by atoms with Gasteiger partial charge in [-0.3, -0.25) is 9.69 Å². The summed E-state index contributed by atoms with van der Waals surface area (Å²) in [6.45, 7) is 1.76. The second kappa shape index (κ2) is 5.42. The molecule has 20 heavy (non-hydrogen) atoms. The van der Waals surface area contributed by atoms with Crippen LogP contribution in [0, 0.1) is 0 Å². The topological polar surface area (TPSA) is 133 Å². The molecule has 1 unspecified atom stereocenters. The van der Waals surface area contributed by atoms with Gasteiger partial charge in [-0.15, -0.1) is 10.2 Å². The van der Waals surface area contributed by atoms with Gasteiger partial charge in [-0.25, -0.2) is 18.4 Å². The summed E-state index contributed by atoms with van der Waals surface area (Å²) in [7, 11) is -3.79. The van der Waals surface area contributed by atoms with Gasteiger partial charge in [-0.2, -0.15) is 0 Å². The minimum atomic E-state index is -3.79. The van der Waals surface area contributed by atoms with Crippen molar-refractivity contribution in [3.05, 3.63) is 5.01 Å². The van der Waals surface area contributed by atoms with Crippen LogP contribution in [0.15, 0.2) is 0 Å². The van der Waals surface area contributed by atoms with Crippen LogP contribution < -0.4 is 10.0 Å². The van der Waals surface area contributed by atoms with Crippen molar-refractivity contribution in [2.75, 3.05) is 18.1 Å². The van der Waals surface area contributed by atoms with E-state index >= 15 is 0 Å². The largest absolute Gasteiger partial charge is 0.461 e. The van der Waals surface area contributed by atoms with Gasteiger partial charge < -0.3 is 4.74 Å². The summed E-state index contributed by atoms with van der Waals surface area (Å²) in [5.74, 6) is -1.05. The maximum Gasteiger partial charge on any atom is 0.369 e. The molecular weight excluding hydrogens is 308 g/mol. The number of sulfonamides is 1. The third-order valence-corrected chi connectivity index (χ3v) is 4.82. The second-order valence-electron chi connectivity index (χ2n) is 4.03. The Morgan fingerprint density at radius 2 is 2.25 bits per heavy atom. The second-order valence-corrected chi connectivity index (χ2v) is 6.83. The molecule has 1 saturated heterocycles. The van der Waals surface area contributed by atoms with E-state index in [1.165, 1.54) is 0 Å². The Balaban J connectivity index is 2.17. The first-order valence-corrected chi connectivity index (χ1v) is 8.08. The highest BCUT2D eigenvalue weighted by molar-refractivity contribution is 7.89. The minimum absolute atomic E-state index is 0.00806. The van der Waals surface area contributed by atoms with Crippen molar-refractivity contribution in [3.63, 3.8) is 0 Å². The fourth-order valence-electron chi connectivity index (χ4n) is 1.68. The van der Waals surface area contributed by atoms with Crippen LogP contribution in [0.2, 0.25) is 0 Å². The van der Waals surface area contributed by atoms with Crippen molar-refractivity contribution in [1.82, 2.24) is 10.2 Å². The molecule has 110 valence electrons. The van der Waals surface area contributed by atoms with Crippen molar-refractivity contribution < 1.29 is 22.7 Å². The molecule has 11 heteroatoms. The van der Waals surface area contributed by atoms with E-state index in [2.05, 4.69) is 10.2 Å². The zero-order valence-electron chi connectivity index (χ0n) is 10.5. The predicted octanol–water partition coefficient (Wildman–Crippen LogP) is -0.891. The average molecular weight is 320 g/mol. The van der Waals surface area contributed by atoms with Gasteiger partial charge in [0.2, 0.25) is 26.1 Å². The van der Waals surface area contributed by atoms with E-state index in [1.54, 1.807) is 6.92 Å². The third-order valence-electron chi connectivity index (χ3n) is 2.65. The van der Waals surface area contributed by atoms with E-state index in [0.717, 1.165) is 16.2 Å². The van der Waals surface area contributed by atoms with Gasteiger partial charge in [0.25, 0.3) is 0 Å². The number of nitrogens with zero attached hydrogens (tertiary/aromatic N) is 3. The fraction of sp³-hybridized carbons (Fsp3) is 0.556. The molecule has 1 aromatic heterocycles. The Hall–Kier alpha value is -1.59. The lowest BCUT2D eigenvalue weighted by Crippen LogP contribution is -2.32. The lowest BCUT2D eigenvalue weighted by Gasteiger charge is -2.10. The van der Waals surface area contributed by atoms with Gasteiger partial charge in [0.1, 0.15) is 5.25 Å². The molecule has 0 aromatic carbocycles. The minimum Gasteiger partial charge on any atom is -0.461 e. The highest BCUT2D eigenvalue weighted by Gasteiger charge is 2.38. The fourth-order valence-corrected chi connectivity index (χ4v) is 3.18. The Labute approximate surface area is 118 Å². The summed E-state index contributed by atoms with van der Waals surface area (Å²) in [4.78, 5) is 24.4. The van der Waals surface area contributed by atoms with Gasteiger partial charge >= 0.3 is 5.97 Å². The van der Waals surface area contributed by atoms with Crippen LogP contribution in [0.4, 0.5) is 5.13 Å². The zero-order valence-corrected chi connectivity index (χ0v) is 12.1. The van der Waals surface area contributed by atoms with Crippen LogP contribution in [-0.4, -0.2) is 48.9 Å². The number of anilines is 1. The van der Waals surface area contributed by atoms with Crippen LogP contribution in [0.1, 0.15) is 23.1 Å². The number of esters is 1. The SMILES string of the molecule is CCOC(=O)c1nnc(N2CC(S(N)(=O)=O)CC2=O)s1. The number of amides is 1. The number of carbonyl (C=O) groups is 2. The van der Waals surface area contributed by atoms with Crippen molar-refractivity contribution in [2.45, 2.75) is 18.6 Å². The number of hydrogen-bond donors (Lipinski definition) is 1. The molecule has 1 amide bonds. The molecule has 1 fully saturated rings. The molecule has 9 nitrogen and oxygen atoms in total. The number of rotatable bonds is 4. The Morgan fingerprint density at radius 3 is 2.80 bits per heavy atom. The van der Waals surface area contributed by atoms with Crippen LogP contribution in [0.25, 0.3) is 0 Å². The molecule has 1 aliphatic heterocycles. The summed E-state index contributed by atoms with van der Waals surface area (Å²) < 4.78 is 27.2. The summed E-state index contributed by atoms with van der Waals surface area (Å²) in [5.41, 5.74) is 0. The number of ether oxygens (including phenoxy) is 1. The molecule has 0 radical (unpaired) electrons. The summed E-state index contributed by atoms with van der Waals surface area (Å²) in [6.07, 6.45) is -0.201. The number of nitrogens with two attached hydrogens (primary N) is 1. The first-order chi connectivity index (χ1) is 9.32. The molecule has 0 saturated carbocycles. The van der Waals surface area contributed by atoms with Gasteiger partial charge in [-0.05, 0) is 6.92 Å². The average Bonchev–Trinajstić information content (AvgIpc) is 2.94. The van der Waals surface area contributed by atoms with Crippen LogP contribution in [0.3, 0.4) is 0 Å². The van der Waals surface area contributed by atoms with Gasteiger partial charge in [0.05, 0.1) is 6.61 Å². The van der Waals surface area contributed by atoms with Crippen molar-refractivity contribution in [3.8, 4) is 0 Å². The molecular formula is C9H12N4O5S2. The highest BCUT2D eigenvalue weighted by atomic mass is 32.2. The molecule has 2 rings (SSSR count). The Morgan fingerprint density at radius 1 is 1.55 bits per heavy atom. The monoisotopic (exact) mass is 320 g/mol. The number of primary sulfonamides is 1. The van der Waals surface area contributed by atoms with E-state index in [1.807, 2.05) is 0 Å². The van der Waals surface area contributed by atoms with E-state index in [9.17, 15) is 18.0 Å². The molecule has 1 aliphatic rings. The summed E-state index contributed by atoms with van der Waals surface area (Å²) in [5, 5.41) is 11.5. The number of hydrogen-bond acceptors (Lipinski definition) is 8. The van der Waals surface area contributed by atoms with E-state index in [0.29, 0.717) is 0 Å². The zero-order chi connectivity index (χ0) is 14.9. The first kappa shape index (κ1) is 14.8. The first-order valence-electron chi connectivity index (χ1n) is 5.65. The smallest absolute Gasteiger partial charge is 0.369 e. The Kier molecular flexibility index (Phi) is 4.01. The Bertz CT molecular complexity index is 641. The summed E-state index contributed by atoms with van der Waals surface area (Å²) in [6, 6.07) is 0. The number of carbonyl (C=O) groups excluding carboxylic acids is 2. The van der Waals surface area contributed by atoms with E-state index < -0.39 is 27.1 Å². The lowest BCUT2D eigenvalue weighted by molar-refractivity contribution is -0.117. The molecule has 0 aliphatic carbocycles. The maximum atomic E-state index is 11.8. The normalized spacial score (nSPS) is 19.4. The summed E-state index contributed by atoms with van der Waals surface area (Å²) >= 11 is 0.867. The van der Waals surface area contributed by atoms with Crippen molar-refractivity contribution in [2.24, 2.45) is 5.14 Å². The molecule has 0 bridgehead atoms. The van der Waals surface area contributed by atoms with Crippen molar-refractivity contribution in [1.29, 1.82) is 0 Å². The van der Waals surface area contributed by atoms with E-state index in [4.69, 9.17) is 9.88 Å². The molecule has 2 N–H and O–H groups in total. The van der Waals surface area contributed by atoms with Crippen molar-refractivity contribution >= 4 is 38.4 Å². The van der Waals surface area contributed by atoms with Gasteiger partial charge in [0, 0.05) is 13.0 Å². The standard InChI is InChI=1S/C9H12N4O5S2/c1-2-18-8(15)7-11-12-9(19-7)13-4-5(3-6(13)14)20(10,16)17/h5H,2-4H2,1H3,(H2,10,16,17). The maximum absolute atomic E-state index is 11.8. The molecule has 1 atom stereocenters. The van der Waals surface area contributed by atoms with Crippen LogP contribution >= 0.6 is 11.3 Å². The third kappa shape index (κ3) is 2.94. The highest BCUT2D eigenvalue weighted by Crippen LogP contribution is 2.27. The predicted molar refractivity (Wildman–Crippen MR) is 69.7 cm³/mol. The molecule has 1 aromatic rings. The van der Waals surface area contributed by atoms with Crippen LogP contribution in [0.5, 0.6) is 0 Å². The molecule has 0 spiro atoms. The number of aromatic nitrogens is 2. The lowest BCUT2D eigenvalue weighted by atomic mass is 10.4.